The minimum atomic E-state index is -0.721. The summed E-state index contributed by atoms with van der Waals surface area (Å²) < 4.78 is 5.33. The molecule has 1 heterocycles. The van der Waals surface area contributed by atoms with Gasteiger partial charge in [0.05, 0.1) is 19.3 Å². The Bertz CT molecular complexity index is 588. The second-order valence-electron chi connectivity index (χ2n) is 5.44. The lowest BCUT2D eigenvalue weighted by molar-refractivity contribution is -0.497. The minimum Gasteiger partial charge on any atom is -0.496 e. The molecule has 2 rings (SSSR count). The van der Waals surface area contributed by atoms with Crippen LogP contribution in [0.25, 0.3) is 0 Å². The molecule has 1 amide bonds. The zero-order valence-corrected chi connectivity index (χ0v) is 12.6. The summed E-state index contributed by atoms with van der Waals surface area (Å²) in [7, 11) is 3.24. The molecular weight excluding hydrogens is 274 g/mol. The zero-order valence-electron chi connectivity index (χ0n) is 12.6. The van der Waals surface area contributed by atoms with E-state index in [9.17, 15) is 14.9 Å². The average Bonchev–Trinajstić information content (AvgIpc) is 3.22. The van der Waals surface area contributed by atoms with E-state index in [0.717, 1.165) is 22.6 Å². The highest BCUT2D eigenvalue weighted by atomic mass is 16.6. The maximum atomic E-state index is 12.1. The highest BCUT2D eigenvalue weighted by Crippen LogP contribution is 2.35. The Morgan fingerprint density at radius 2 is 2.24 bits per heavy atom. The quantitative estimate of drug-likeness (QED) is 0.604. The third-order valence-electron chi connectivity index (χ3n) is 3.86. The normalized spacial score (nSPS) is 20.0. The predicted molar refractivity (Wildman–Crippen MR) is 75.6 cm³/mol. The van der Waals surface area contributed by atoms with Gasteiger partial charge in [0.25, 0.3) is 0 Å². The van der Waals surface area contributed by atoms with Gasteiger partial charge in [-0.3, -0.25) is 19.9 Å². The number of amides is 1. The summed E-state index contributed by atoms with van der Waals surface area (Å²) >= 11 is 0. The first-order valence-electron chi connectivity index (χ1n) is 6.74. The number of carbonyl (C=O) groups is 1. The Morgan fingerprint density at radius 1 is 1.57 bits per heavy atom. The molecule has 0 bridgehead atoms. The molecular formula is C14H19N3O4. The lowest BCUT2D eigenvalue weighted by Gasteiger charge is -2.19. The summed E-state index contributed by atoms with van der Waals surface area (Å²) in [5.74, 6) is 0.0746. The number of hydrogen-bond acceptors (Lipinski definition) is 5. The molecule has 0 unspecified atom stereocenters. The van der Waals surface area contributed by atoms with Crippen molar-refractivity contribution in [1.29, 1.82) is 0 Å². The molecule has 0 radical (unpaired) electrons. The summed E-state index contributed by atoms with van der Waals surface area (Å²) in [5, 5.41) is 10.6. The fourth-order valence-electron chi connectivity index (χ4n) is 2.50. The topological polar surface area (TPSA) is 85.6 Å². The lowest BCUT2D eigenvalue weighted by atomic mass is 10.1. The number of ether oxygens (including phenoxy) is 1. The van der Waals surface area contributed by atoms with Gasteiger partial charge in [0.15, 0.2) is 0 Å². The van der Waals surface area contributed by atoms with Crippen molar-refractivity contribution in [1.82, 2.24) is 9.88 Å². The fourth-order valence-corrected chi connectivity index (χ4v) is 2.50. The van der Waals surface area contributed by atoms with Gasteiger partial charge in [0.1, 0.15) is 11.7 Å². The van der Waals surface area contributed by atoms with Crippen LogP contribution in [0.3, 0.4) is 0 Å². The highest BCUT2D eigenvalue weighted by molar-refractivity contribution is 5.81. The minimum absolute atomic E-state index is 0.197. The second-order valence-corrected chi connectivity index (χ2v) is 5.44. The third-order valence-corrected chi connectivity index (χ3v) is 3.86. The van der Waals surface area contributed by atoms with Crippen molar-refractivity contribution in [3.8, 4) is 5.75 Å². The van der Waals surface area contributed by atoms with E-state index in [-0.39, 0.29) is 10.8 Å². The van der Waals surface area contributed by atoms with Gasteiger partial charge in [-0.15, -0.1) is 0 Å². The van der Waals surface area contributed by atoms with Crippen molar-refractivity contribution in [3.05, 3.63) is 33.1 Å². The van der Waals surface area contributed by atoms with Crippen LogP contribution in [0.15, 0.2) is 6.20 Å². The molecule has 7 nitrogen and oxygen atoms in total. The van der Waals surface area contributed by atoms with Gasteiger partial charge < -0.3 is 9.64 Å². The van der Waals surface area contributed by atoms with Gasteiger partial charge in [-0.05, 0) is 13.8 Å². The number of carbonyl (C=O) groups excluding carboxylic acids is 1. The molecule has 1 aliphatic carbocycles. The molecule has 114 valence electrons. The molecule has 1 aliphatic rings. The van der Waals surface area contributed by atoms with Gasteiger partial charge in [-0.25, -0.2) is 0 Å². The maximum absolute atomic E-state index is 12.1. The van der Waals surface area contributed by atoms with E-state index in [2.05, 4.69) is 4.98 Å². The van der Waals surface area contributed by atoms with E-state index in [0.29, 0.717) is 13.0 Å². The van der Waals surface area contributed by atoms with E-state index >= 15 is 0 Å². The number of nitrogens with zero attached hydrogens (tertiary/aromatic N) is 3. The van der Waals surface area contributed by atoms with Crippen LogP contribution in [-0.2, 0) is 11.3 Å². The molecule has 1 fully saturated rings. The molecule has 1 aromatic rings. The van der Waals surface area contributed by atoms with Crippen LogP contribution in [0.1, 0.15) is 23.2 Å². The first-order chi connectivity index (χ1) is 9.86. The Kier molecular flexibility index (Phi) is 4.11. The molecule has 0 spiro atoms. The van der Waals surface area contributed by atoms with Crippen molar-refractivity contribution in [3.63, 3.8) is 0 Å². The molecule has 1 saturated carbocycles. The van der Waals surface area contributed by atoms with Crippen LogP contribution < -0.4 is 4.74 Å². The van der Waals surface area contributed by atoms with Crippen molar-refractivity contribution >= 4 is 5.91 Å². The summed E-state index contributed by atoms with van der Waals surface area (Å²) in [5.41, 5.74) is 2.56. The third kappa shape index (κ3) is 2.96. The monoisotopic (exact) mass is 293 g/mol. The van der Waals surface area contributed by atoms with Crippen molar-refractivity contribution < 1.29 is 14.5 Å². The smallest absolute Gasteiger partial charge is 0.233 e. The molecule has 2 atom stereocenters. The molecule has 7 heteroatoms. The number of pyridine rings is 1. The lowest BCUT2D eigenvalue weighted by Crippen LogP contribution is -2.30. The van der Waals surface area contributed by atoms with Crippen molar-refractivity contribution in [2.24, 2.45) is 5.92 Å². The number of nitro groups is 1. The van der Waals surface area contributed by atoms with Crippen LogP contribution in [0.4, 0.5) is 0 Å². The molecule has 0 aliphatic heterocycles. The van der Waals surface area contributed by atoms with Crippen LogP contribution in [0.2, 0.25) is 0 Å². The van der Waals surface area contributed by atoms with E-state index in [1.165, 1.54) is 4.90 Å². The van der Waals surface area contributed by atoms with Gasteiger partial charge in [-0.1, -0.05) is 0 Å². The van der Waals surface area contributed by atoms with Gasteiger partial charge in [-0.2, -0.15) is 0 Å². The van der Waals surface area contributed by atoms with E-state index < -0.39 is 12.0 Å². The van der Waals surface area contributed by atoms with Crippen LogP contribution in [-0.4, -0.2) is 40.9 Å². The van der Waals surface area contributed by atoms with Crippen LogP contribution >= 0.6 is 0 Å². The summed E-state index contributed by atoms with van der Waals surface area (Å²) in [6.07, 6.45) is 2.04. The SMILES string of the molecule is COc1c(C)cnc(CN(C)C(=O)[C@H]2C[C@H]2[N+](=O)[O-])c1C. The standard InChI is InChI=1S/C14H19N3O4/c1-8-6-15-11(9(2)13(8)21-4)7-16(3)14(18)10-5-12(10)17(19)20/h6,10,12H,5,7H2,1-4H3/t10-,12+/m0/s1. The van der Waals surface area contributed by atoms with E-state index in [1.807, 2.05) is 13.8 Å². The summed E-state index contributed by atoms with van der Waals surface area (Å²) in [6, 6.07) is -0.721. The Hall–Kier alpha value is -2.18. The molecule has 0 N–H and O–H groups in total. The summed E-state index contributed by atoms with van der Waals surface area (Å²) in [4.78, 5) is 28.2. The first kappa shape index (κ1) is 15.2. The Morgan fingerprint density at radius 3 is 2.76 bits per heavy atom. The molecule has 21 heavy (non-hydrogen) atoms. The highest BCUT2D eigenvalue weighted by Gasteiger charge is 2.54. The van der Waals surface area contributed by atoms with E-state index in [4.69, 9.17) is 4.74 Å². The number of aromatic nitrogens is 1. The average molecular weight is 293 g/mol. The van der Waals surface area contributed by atoms with Crippen LogP contribution in [0.5, 0.6) is 5.75 Å². The number of aryl methyl sites for hydroxylation is 1. The van der Waals surface area contributed by atoms with E-state index in [1.54, 1.807) is 20.4 Å². The van der Waals surface area contributed by atoms with Gasteiger partial charge in [0.2, 0.25) is 11.9 Å². The van der Waals surface area contributed by atoms with Crippen molar-refractivity contribution in [2.45, 2.75) is 32.9 Å². The van der Waals surface area contributed by atoms with Gasteiger partial charge in [0, 0.05) is 35.7 Å². The van der Waals surface area contributed by atoms with Crippen molar-refractivity contribution in [2.75, 3.05) is 14.2 Å². The first-order valence-corrected chi connectivity index (χ1v) is 6.74. The number of rotatable bonds is 5. The second kappa shape index (κ2) is 5.67. The maximum Gasteiger partial charge on any atom is 0.233 e. The fraction of sp³-hybridized carbons (Fsp3) is 0.571. The molecule has 0 aromatic carbocycles. The Balaban J connectivity index is 2.08. The molecule has 1 aromatic heterocycles. The largest absolute Gasteiger partial charge is 0.496 e. The molecule has 0 saturated heterocycles. The number of hydrogen-bond donors (Lipinski definition) is 0. The van der Waals surface area contributed by atoms with Crippen LogP contribution in [0, 0.1) is 29.9 Å². The Labute approximate surface area is 123 Å². The predicted octanol–water partition coefficient (Wildman–Crippen LogP) is 1.33. The van der Waals surface area contributed by atoms with Gasteiger partial charge >= 0.3 is 0 Å². The zero-order chi connectivity index (χ0) is 15.7. The summed E-state index contributed by atoms with van der Waals surface area (Å²) in [6.45, 7) is 4.12. The number of methoxy groups -OCH3 is 1.